The molecule has 1 rings (SSSR count). The summed E-state index contributed by atoms with van der Waals surface area (Å²) in [7, 11) is 0. The van der Waals surface area contributed by atoms with Gasteiger partial charge in [0, 0.05) is 12.6 Å². The van der Waals surface area contributed by atoms with Crippen molar-refractivity contribution in [2.24, 2.45) is 5.92 Å². The molecule has 0 saturated heterocycles. The summed E-state index contributed by atoms with van der Waals surface area (Å²) in [5.41, 5.74) is 1.21. The van der Waals surface area contributed by atoms with Crippen LogP contribution >= 0.6 is 0 Å². The number of aliphatic hydroxyl groups excluding tert-OH is 1. The quantitative estimate of drug-likeness (QED) is 0.759. The van der Waals surface area contributed by atoms with Gasteiger partial charge < -0.3 is 15.2 Å². The highest BCUT2D eigenvalue weighted by molar-refractivity contribution is 5.27. The zero-order chi connectivity index (χ0) is 14.3. The van der Waals surface area contributed by atoms with E-state index in [9.17, 15) is 5.11 Å². The maximum atomic E-state index is 9.31. The Morgan fingerprint density at radius 2 is 1.74 bits per heavy atom. The van der Waals surface area contributed by atoms with E-state index in [1.807, 2.05) is 26.0 Å². The number of benzene rings is 1. The molecule has 19 heavy (non-hydrogen) atoms. The topological polar surface area (TPSA) is 41.5 Å². The molecule has 3 nitrogen and oxygen atoms in total. The van der Waals surface area contributed by atoms with Crippen molar-refractivity contribution in [1.82, 2.24) is 5.32 Å². The number of hydrogen-bond acceptors (Lipinski definition) is 3. The number of nitrogens with one attached hydrogen (secondary N) is 1. The van der Waals surface area contributed by atoms with Gasteiger partial charge in [-0.1, -0.05) is 26.0 Å². The van der Waals surface area contributed by atoms with Gasteiger partial charge in [0.1, 0.15) is 5.75 Å². The minimum atomic E-state index is 0.173. The molecule has 0 aliphatic heterocycles. The SMILES string of the molecule is CC(C)CC(CO)NCc1ccc(OC(C)C)cc1. The predicted molar refractivity (Wildman–Crippen MR) is 79.4 cm³/mol. The summed E-state index contributed by atoms with van der Waals surface area (Å²) in [5, 5.41) is 12.7. The third-order valence-electron chi connectivity index (χ3n) is 2.87. The Hall–Kier alpha value is -1.06. The number of ether oxygens (including phenoxy) is 1. The maximum Gasteiger partial charge on any atom is 0.119 e. The van der Waals surface area contributed by atoms with Crippen LogP contribution in [0.25, 0.3) is 0 Å². The van der Waals surface area contributed by atoms with Crippen LogP contribution in [-0.2, 0) is 6.54 Å². The van der Waals surface area contributed by atoms with Crippen molar-refractivity contribution in [3.05, 3.63) is 29.8 Å². The molecule has 0 amide bonds. The Morgan fingerprint density at radius 1 is 1.11 bits per heavy atom. The first kappa shape index (κ1) is 16.0. The molecular weight excluding hydrogens is 238 g/mol. The fraction of sp³-hybridized carbons (Fsp3) is 0.625. The molecule has 0 aromatic heterocycles. The average molecular weight is 265 g/mol. The maximum absolute atomic E-state index is 9.31. The molecule has 1 aromatic carbocycles. The second-order valence-electron chi connectivity index (χ2n) is 5.70. The number of rotatable bonds is 8. The van der Waals surface area contributed by atoms with Crippen molar-refractivity contribution in [2.75, 3.05) is 6.61 Å². The summed E-state index contributed by atoms with van der Waals surface area (Å²) in [6.45, 7) is 9.35. The van der Waals surface area contributed by atoms with Crippen molar-refractivity contribution in [1.29, 1.82) is 0 Å². The zero-order valence-electron chi connectivity index (χ0n) is 12.5. The third kappa shape index (κ3) is 6.60. The van der Waals surface area contributed by atoms with E-state index < -0.39 is 0 Å². The minimum Gasteiger partial charge on any atom is -0.491 e. The van der Waals surface area contributed by atoms with Gasteiger partial charge in [0.2, 0.25) is 0 Å². The van der Waals surface area contributed by atoms with Crippen LogP contribution in [0, 0.1) is 5.92 Å². The molecule has 0 spiro atoms. The molecule has 0 radical (unpaired) electrons. The molecular formula is C16H27NO2. The van der Waals surface area contributed by atoms with E-state index in [-0.39, 0.29) is 18.8 Å². The van der Waals surface area contributed by atoms with Crippen LogP contribution < -0.4 is 10.1 Å². The summed E-state index contributed by atoms with van der Waals surface area (Å²) in [4.78, 5) is 0. The summed E-state index contributed by atoms with van der Waals surface area (Å²) < 4.78 is 5.61. The normalized spacial score (nSPS) is 13.0. The Balaban J connectivity index is 2.44. The molecule has 0 fully saturated rings. The predicted octanol–water partition coefficient (Wildman–Crippen LogP) is 2.97. The van der Waals surface area contributed by atoms with Crippen molar-refractivity contribution < 1.29 is 9.84 Å². The fourth-order valence-electron chi connectivity index (χ4n) is 2.01. The van der Waals surface area contributed by atoms with Gasteiger partial charge in [-0.25, -0.2) is 0 Å². The van der Waals surface area contributed by atoms with Crippen molar-refractivity contribution in [3.8, 4) is 5.75 Å². The van der Waals surface area contributed by atoms with Crippen molar-refractivity contribution in [3.63, 3.8) is 0 Å². The monoisotopic (exact) mass is 265 g/mol. The second kappa shape index (κ2) is 8.18. The summed E-state index contributed by atoms with van der Waals surface area (Å²) in [6, 6.07) is 8.29. The lowest BCUT2D eigenvalue weighted by atomic mass is 10.0. The molecule has 1 aromatic rings. The highest BCUT2D eigenvalue weighted by Gasteiger charge is 2.08. The Kier molecular flexibility index (Phi) is 6.89. The van der Waals surface area contributed by atoms with Gasteiger partial charge in [0.05, 0.1) is 12.7 Å². The molecule has 0 saturated carbocycles. The molecule has 1 unspecified atom stereocenters. The summed E-state index contributed by atoms with van der Waals surface area (Å²) >= 11 is 0. The first-order valence-electron chi connectivity index (χ1n) is 7.11. The molecule has 3 heteroatoms. The van der Waals surface area contributed by atoms with Gasteiger partial charge in [0.15, 0.2) is 0 Å². The average Bonchev–Trinajstić information content (AvgIpc) is 2.35. The van der Waals surface area contributed by atoms with Crippen LogP contribution in [0.4, 0.5) is 0 Å². The lowest BCUT2D eigenvalue weighted by Crippen LogP contribution is -2.33. The van der Waals surface area contributed by atoms with E-state index in [1.165, 1.54) is 5.56 Å². The minimum absolute atomic E-state index is 0.173. The summed E-state index contributed by atoms with van der Waals surface area (Å²) in [5.74, 6) is 1.49. The highest BCUT2D eigenvalue weighted by Crippen LogP contribution is 2.14. The van der Waals surface area contributed by atoms with E-state index in [1.54, 1.807) is 0 Å². The van der Waals surface area contributed by atoms with Crippen LogP contribution in [-0.4, -0.2) is 23.9 Å². The molecule has 0 aliphatic rings. The van der Waals surface area contributed by atoms with Crippen LogP contribution in [0.5, 0.6) is 5.75 Å². The smallest absolute Gasteiger partial charge is 0.119 e. The van der Waals surface area contributed by atoms with Crippen LogP contribution in [0.2, 0.25) is 0 Å². The molecule has 1 atom stereocenters. The Bertz CT molecular complexity index is 346. The molecule has 108 valence electrons. The van der Waals surface area contributed by atoms with Crippen molar-refractivity contribution >= 4 is 0 Å². The van der Waals surface area contributed by atoms with Crippen molar-refractivity contribution in [2.45, 2.75) is 52.8 Å². The van der Waals surface area contributed by atoms with Crippen LogP contribution in [0.3, 0.4) is 0 Å². The van der Waals surface area contributed by atoms with Crippen LogP contribution in [0.15, 0.2) is 24.3 Å². The van der Waals surface area contributed by atoms with Gasteiger partial charge in [-0.05, 0) is 43.9 Å². The molecule has 2 N–H and O–H groups in total. The van der Waals surface area contributed by atoms with E-state index in [0.717, 1.165) is 18.7 Å². The lowest BCUT2D eigenvalue weighted by Gasteiger charge is -2.18. The summed E-state index contributed by atoms with van der Waals surface area (Å²) in [6.07, 6.45) is 1.19. The first-order valence-corrected chi connectivity index (χ1v) is 7.11. The van der Waals surface area contributed by atoms with Gasteiger partial charge in [-0.2, -0.15) is 0 Å². The second-order valence-corrected chi connectivity index (χ2v) is 5.70. The number of hydrogen-bond donors (Lipinski definition) is 2. The zero-order valence-corrected chi connectivity index (χ0v) is 12.5. The van der Waals surface area contributed by atoms with E-state index >= 15 is 0 Å². The van der Waals surface area contributed by atoms with Gasteiger partial charge in [-0.3, -0.25) is 0 Å². The molecule has 0 aliphatic carbocycles. The lowest BCUT2D eigenvalue weighted by molar-refractivity contribution is 0.223. The number of aliphatic hydroxyl groups is 1. The van der Waals surface area contributed by atoms with Crippen LogP contribution in [0.1, 0.15) is 39.7 Å². The third-order valence-corrected chi connectivity index (χ3v) is 2.87. The Morgan fingerprint density at radius 3 is 2.21 bits per heavy atom. The fourth-order valence-corrected chi connectivity index (χ4v) is 2.01. The largest absolute Gasteiger partial charge is 0.491 e. The highest BCUT2D eigenvalue weighted by atomic mass is 16.5. The standard InChI is InChI=1S/C16H27NO2/c1-12(2)9-15(11-18)17-10-14-5-7-16(8-6-14)19-13(3)4/h5-8,12-13,15,17-18H,9-11H2,1-4H3. The molecule has 0 bridgehead atoms. The van der Waals surface area contributed by atoms with Gasteiger partial charge in [0.25, 0.3) is 0 Å². The van der Waals surface area contributed by atoms with E-state index in [4.69, 9.17) is 4.74 Å². The molecule has 0 heterocycles. The van der Waals surface area contributed by atoms with Gasteiger partial charge >= 0.3 is 0 Å². The Labute approximate surface area is 117 Å². The van der Waals surface area contributed by atoms with Gasteiger partial charge in [-0.15, -0.1) is 0 Å². The van der Waals surface area contributed by atoms with E-state index in [0.29, 0.717) is 5.92 Å². The van der Waals surface area contributed by atoms with E-state index in [2.05, 4.69) is 31.3 Å². The first-order chi connectivity index (χ1) is 9.01.